The Labute approximate surface area is 138 Å². The van der Waals surface area contributed by atoms with Crippen LogP contribution in [0.5, 0.6) is 5.75 Å². The number of amides is 2. The minimum Gasteiger partial charge on any atom is -0.484 e. The van der Waals surface area contributed by atoms with E-state index >= 15 is 0 Å². The average molecular weight is 346 g/mol. The van der Waals surface area contributed by atoms with Crippen molar-refractivity contribution in [3.05, 3.63) is 24.3 Å². The van der Waals surface area contributed by atoms with Gasteiger partial charge in [-0.1, -0.05) is 6.42 Å². The normalized spacial score (nSPS) is 21.2. The Bertz CT molecular complexity index is 534. The number of aliphatic hydroxyl groups is 1. The molecule has 3 N–H and O–H groups in total. The molecule has 0 radical (unpaired) electrons. The average Bonchev–Trinajstić information content (AvgIpc) is 2.52. The lowest BCUT2D eigenvalue weighted by Gasteiger charge is -2.25. The number of anilines is 1. The minimum absolute atomic E-state index is 0.0782. The number of rotatable bonds is 5. The van der Waals surface area contributed by atoms with E-state index < -0.39 is 12.8 Å². The van der Waals surface area contributed by atoms with E-state index in [1.54, 1.807) is 0 Å². The van der Waals surface area contributed by atoms with Gasteiger partial charge in [-0.3, -0.25) is 0 Å². The minimum atomic E-state index is -4.39. The van der Waals surface area contributed by atoms with Crippen LogP contribution in [0.1, 0.15) is 25.7 Å². The van der Waals surface area contributed by atoms with Gasteiger partial charge in [0.05, 0.1) is 6.10 Å². The highest BCUT2D eigenvalue weighted by Crippen LogP contribution is 2.23. The maximum Gasteiger partial charge on any atom is 0.422 e. The summed E-state index contributed by atoms with van der Waals surface area (Å²) in [4.78, 5) is 11.8. The Morgan fingerprint density at radius 1 is 1.25 bits per heavy atom. The lowest BCUT2D eigenvalue weighted by atomic mass is 9.87. The van der Waals surface area contributed by atoms with Crippen LogP contribution in [0.15, 0.2) is 24.3 Å². The predicted molar refractivity (Wildman–Crippen MR) is 83.0 cm³/mol. The van der Waals surface area contributed by atoms with Crippen molar-refractivity contribution in [1.29, 1.82) is 0 Å². The molecule has 8 heteroatoms. The second-order valence-corrected chi connectivity index (χ2v) is 5.95. The van der Waals surface area contributed by atoms with Crippen molar-refractivity contribution in [2.75, 3.05) is 18.5 Å². The SMILES string of the molecule is O=C(NCC1CCCC(O)C1)Nc1ccc(OCC(F)(F)F)cc1. The highest BCUT2D eigenvalue weighted by molar-refractivity contribution is 5.89. The molecule has 0 aliphatic heterocycles. The topological polar surface area (TPSA) is 70.6 Å². The molecule has 2 rings (SSSR count). The maximum absolute atomic E-state index is 12.0. The first kappa shape index (κ1) is 18.4. The van der Waals surface area contributed by atoms with Crippen LogP contribution in [0.2, 0.25) is 0 Å². The zero-order chi connectivity index (χ0) is 17.6. The number of urea groups is 1. The van der Waals surface area contributed by atoms with E-state index in [-0.39, 0.29) is 23.8 Å². The molecule has 5 nitrogen and oxygen atoms in total. The van der Waals surface area contributed by atoms with Gasteiger partial charge in [-0.25, -0.2) is 4.79 Å². The van der Waals surface area contributed by atoms with E-state index in [1.165, 1.54) is 24.3 Å². The standard InChI is InChI=1S/C16H21F3N2O3/c17-16(18,19)10-24-14-6-4-12(5-7-14)21-15(23)20-9-11-2-1-3-13(22)8-11/h4-7,11,13,22H,1-3,8-10H2,(H2,20,21,23). The molecule has 1 fully saturated rings. The molecule has 2 atom stereocenters. The van der Waals surface area contributed by atoms with Crippen LogP contribution in [-0.4, -0.2) is 36.6 Å². The third-order valence-corrected chi connectivity index (χ3v) is 3.82. The molecule has 0 saturated heterocycles. The van der Waals surface area contributed by atoms with Crippen LogP contribution in [0.25, 0.3) is 0 Å². The summed E-state index contributed by atoms with van der Waals surface area (Å²) in [5, 5.41) is 14.9. The number of carbonyl (C=O) groups excluding carboxylic acids is 1. The number of aliphatic hydroxyl groups excluding tert-OH is 1. The van der Waals surface area contributed by atoms with Crippen LogP contribution < -0.4 is 15.4 Å². The lowest BCUT2D eigenvalue weighted by Crippen LogP contribution is -2.35. The van der Waals surface area contributed by atoms with E-state index in [0.29, 0.717) is 18.7 Å². The highest BCUT2D eigenvalue weighted by Gasteiger charge is 2.28. The summed E-state index contributed by atoms with van der Waals surface area (Å²) in [6.45, 7) is -0.872. The summed E-state index contributed by atoms with van der Waals surface area (Å²) in [7, 11) is 0. The summed E-state index contributed by atoms with van der Waals surface area (Å²) in [6.07, 6.45) is -1.25. The summed E-state index contributed by atoms with van der Waals surface area (Å²) >= 11 is 0. The van der Waals surface area contributed by atoms with Crippen LogP contribution >= 0.6 is 0 Å². The Morgan fingerprint density at radius 3 is 2.58 bits per heavy atom. The molecule has 2 unspecified atom stereocenters. The third-order valence-electron chi connectivity index (χ3n) is 3.82. The summed E-state index contributed by atoms with van der Waals surface area (Å²) in [5.41, 5.74) is 0.454. The monoisotopic (exact) mass is 346 g/mol. The molecule has 1 aliphatic carbocycles. The molecule has 134 valence electrons. The van der Waals surface area contributed by atoms with Gasteiger partial charge in [0.1, 0.15) is 5.75 Å². The number of benzene rings is 1. The Kier molecular flexibility index (Phi) is 6.30. The summed E-state index contributed by atoms with van der Waals surface area (Å²) in [6, 6.07) is 5.27. The predicted octanol–water partition coefficient (Wildman–Crippen LogP) is 3.30. The van der Waals surface area contributed by atoms with E-state index in [2.05, 4.69) is 15.4 Å². The zero-order valence-corrected chi connectivity index (χ0v) is 13.1. The number of halogens is 3. The lowest BCUT2D eigenvalue weighted by molar-refractivity contribution is -0.153. The number of carbonyl (C=O) groups is 1. The Hall–Kier alpha value is -1.96. The molecule has 0 spiro atoms. The van der Waals surface area contributed by atoms with Crippen LogP contribution in [-0.2, 0) is 0 Å². The molecule has 0 bridgehead atoms. The molecular formula is C16H21F3N2O3. The molecular weight excluding hydrogens is 325 g/mol. The number of hydrogen-bond donors (Lipinski definition) is 3. The molecule has 1 aliphatic rings. The van der Waals surface area contributed by atoms with Gasteiger partial charge in [0.25, 0.3) is 0 Å². The fourth-order valence-corrected chi connectivity index (χ4v) is 2.66. The number of ether oxygens (including phenoxy) is 1. The fraction of sp³-hybridized carbons (Fsp3) is 0.562. The molecule has 1 aromatic rings. The van der Waals surface area contributed by atoms with Crippen molar-refractivity contribution in [2.24, 2.45) is 5.92 Å². The van der Waals surface area contributed by atoms with E-state index in [1.807, 2.05) is 0 Å². The van der Waals surface area contributed by atoms with Crippen molar-refractivity contribution in [2.45, 2.75) is 38.0 Å². The number of nitrogens with one attached hydrogen (secondary N) is 2. The Balaban J connectivity index is 1.73. The van der Waals surface area contributed by atoms with Crippen LogP contribution in [0.4, 0.5) is 23.7 Å². The first-order valence-corrected chi connectivity index (χ1v) is 7.84. The molecule has 2 amide bonds. The molecule has 0 heterocycles. The van der Waals surface area contributed by atoms with Crippen LogP contribution in [0.3, 0.4) is 0 Å². The second kappa shape index (κ2) is 8.23. The zero-order valence-electron chi connectivity index (χ0n) is 13.1. The van der Waals surface area contributed by atoms with Gasteiger partial charge in [0.15, 0.2) is 6.61 Å². The van der Waals surface area contributed by atoms with E-state index in [0.717, 1.165) is 19.3 Å². The number of alkyl halides is 3. The van der Waals surface area contributed by atoms with Gasteiger partial charge in [0, 0.05) is 12.2 Å². The highest BCUT2D eigenvalue weighted by atomic mass is 19.4. The van der Waals surface area contributed by atoms with Gasteiger partial charge < -0.3 is 20.5 Å². The van der Waals surface area contributed by atoms with Crippen molar-refractivity contribution in [1.82, 2.24) is 5.32 Å². The molecule has 1 aromatic carbocycles. The van der Waals surface area contributed by atoms with Gasteiger partial charge in [-0.2, -0.15) is 13.2 Å². The van der Waals surface area contributed by atoms with Crippen molar-refractivity contribution >= 4 is 11.7 Å². The quantitative estimate of drug-likeness (QED) is 0.766. The van der Waals surface area contributed by atoms with E-state index in [9.17, 15) is 23.1 Å². The number of hydrogen-bond acceptors (Lipinski definition) is 3. The molecule has 1 saturated carbocycles. The fourth-order valence-electron chi connectivity index (χ4n) is 2.66. The second-order valence-electron chi connectivity index (χ2n) is 5.95. The van der Waals surface area contributed by atoms with Gasteiger partial charge in [-0.05, 0) is 49.4 Å². The van der Waals surface area contributed by atoms with Crippen molar-refractivity contribution in [3.63, 3.8) is 0 Å². The Morgan fingerprint density at radius 2 is 1.96 bits per heavy atom. The summed E-state index contributed by atoms with van der Waals surface area (Å²) in [5.74, 6) is 0.340. The molecule has 24 heavy (non-hydrogen) atoms. The molecule has 0 aromatic heterocycles. The van der Waals surface area contributed by atoms with Crippen LogP contribution in [0, 0.1) is 5.92 Å². The third kappa shape index (κ3) is 6.66. The largest absolute Gasteiger partial charge is 0.484 e. The van der Waals surface area contributed by atoms with Gasteiger partial charge in [0.2, 0.25) is 0 Å². The van der Waals surface area contributed by atoms with Crippen molar-refractivity contribution < 1.29 is 27.8 Å². The first-order valence-electron chi connectivity index (χ1n) is 7.84. The first-order chi connectivity index (χ1) is 11.3. The summed E-state index contributed by atoms with van der Waals surface area (Å²) < 4.78 is 40.7. The van der Waals surface area contributed by atoms with Crippen molar-refractivity contribution in [3.8, 4) is 5.75 Å². The maximum atomic E-state index is 12.0. The van der Waals surface area contributed by atoms with Gasteiger partial charge in [-0.15, -0.1) is 0 Å². The van der Waals surface area contributed by atoms with E-state index in [4.69, 9.17) is 0 Å². The van der Waals surface area contributed by atoms with Gasteiger partial charge >= 0.3 is 12.2 Å². The smallest absolute Gasteiger partial charge is 0.422 e.